The Bertz CT molecular complexity index is 847. The molecule has 0 spiro atoms. The summed E-state index contributed by atoms with van der Waals surface area (Å²) >= 11 is 0. The molecule has 0 bridgehead atoms. The normalized spacial score (nSPS) is 12.3. The van der Waals surface area contributed by atoms with Gasteiger partial charge in [-0.3, -0.25) is 4.55 Å². The van der Waals surface area contributed by atoms with E-state index in [-0.39, 0.29) is 16.8 Å². The second-order valence-corrected chi connectivity index (χ2v) is 6.49. The zero-order valence-electron chi connectivity index (χ0n) is 12.7. The molecule has 0 heterocycles. The Morgan fingerprint density at radius 3 is 2.43 bits per heavy atom. The predicted molar refractivity (Wildman–Crippen MR) is 88.7 cm³/mol. The number of benzene rings is 2. The first-order valence-corrected chi connectivity index (χ1v) is 8.70. The van der Waals surface area contributed by atoms with Crippen LogP contribution in [0.3, 0.4) is 0 Å². The highest BCUT2D eigenvalue weighted by Gasteiger charge is 2.25. The van der Waals surface area contributed by atoms with Gasteiger partial charge < -0.3 is 10.8 Å². The summed E-state index contributed by atoms with van der Waals surface area (Å²) in [5, 5.41) is 18.9. The van der Waals surface area contributed by atoms with Crippen LogP contribution in [0, 0.1) is 0 Å². The third-order valence-electron chi connectivity index (χ3n) is 3.44. The molecule has 0 aromatic heterocycles. The zero-order chi connectivity index (χ0) is 17.0. The van der Waals surface area contributed by atoms with Gasteiger partial charge in [0.1, 0.15) is 11.4 Å². The van der Waals surface area contributed by atoms with E-state index in [9.17, 15) is 18.1 Å². The Morgan fingerprint density at radius 2 is 1.83 bits per heavy atom. The summed E-state index contributed by atoms with van der Waals surface area (Å²) < 4.78 is 32.4. The van der Waals surface area contributed by atoms with Gasteiger partial charge in [0, 0.05) is 10.8 Å². The lowest BCUT2D eigenvalue weighted by Crippen LogP contribution is -2.04. The lowest BCUT2D eigenvalue weighted by atomic mass is 10.1. The largest absolute Gasteiger partial charge is 0.506 e. The molecule has 8 heteroatoms. The Balaban J connectivity index is 2.63. The van der Waals surface area contributed by atoms with Gasteiger partial charge in [0.15, 0.2) is 4.90 Å². The SMILES string of the molecule is CCCCCN=Nc1c(N)c(S(=O)(=O)O)c(O)c2ccccc12. The van der Waals surface area contributed by atoms with Crippen molar-refractivity contribution in [3.63, 3.8) is 0 Å². The summed E-state index contributed by atoms with van der Waals surface area (Å²) in [6, 6.07) is 6.52. The number of anilines is 1. The fraction of sp³-hybridized carbons (Fsp3) is 0.333. The number of aromatic hydroxyl groups is 1. The van der Waals surface area contributed by atoms with Crippen molar-refractivity contribution in [2.24, 2.45) is 10.2 Å². The van der Waals surface area contributed by atoms with E-state index in [2.05, 4.69) is 17.2 Å². The molecular weight excluding hydrogens is 318 g/mol. The van der Waals surface area contributed by atoms with E-state index in [1.807, 2.05) is 0 Å². The van der Waals surface area contributed by atoms with Crippen LogP contribution in [0.2, 0.25) is 0 Å². The summed E-state index contributed by atoms with van der Waals surface area (Å²) in [4.78, 5) is -0.737. The number of phenolic OH excluding ortho intramolecular Hbond substituents is 1. The van der Waals surface area contributed by atoms with Crippen LogP contribution >= 0.6 is 0 Å². The van der Waals surface area contributed by atoms with Crippen molar-refractivity contribution in [2.75, 3.05) is 12.3 Å². The van der Waals surface area contributed by atoms with Gasteiger partial charge in [-0.25, -0.2) is 0 Å². The molecule has 2 aromatic carbocycles. The number of unbranched alkanes of at least 4 members (excludes halogenated alkanes) is 2. The maximum Gasteiger partial charge on any atom is 0.300 e. The quantitative estimate of drug-likeness (QED) is 0.321. The first kappa shape index (κ1) is 17.2. The minimum absolute atomic E-state index is 0.127. The smallest absolute Gasteiger partial charge is 0.300 e. The van der Waals surface area contributed by atoms with Crippen molar-refractivity contribution in [2.45, 2.75) is 31.1 Å². The molecular formula is C15H19N3O4S. The van der Waals surface area contributed by atoms with E-state index in [1.54, 1.807) is 18.2 Å². The lowest BCUT2D eigenvalue weighted by Gasteiger charge is -2.12. The minimum Gasteiger partial charge on any atom is -0.506 e. The predicted octanol–water partition coefficient (Wildman–Crippen LogP) is 3.65. The topological polar surface area (TPSA) is 125 Å². The molecule has 0 fully saturated rings. The highest BCUT2D eigenvalue weighted by atomic mass is 32.2. The molecule has 0 radical (unpaired) electrons. The number of rotatable bonds is 6. The summed E-state index contributed by atoms with van der Waals surface area (Å²) in [7, 11) is -4.69. The first-order chi connectivity index (χ1) is 10.9. The molecule has 0 aliphatic rings. The summed E-state index contributed by atoms with van der Waals surface area (Å²) in [6.07, 6.45) is 2.93. The van der Waals surface area contributed by atoms with E-state index in [4.69, 9.17) is 5.73 Å². The maximum absolute atomic E-state index is 11.5. The number of nitrogens with two attached hydrogens (primary N) is 1. The second-order valence-electron chi connectivity index (χ2n) is 5.13. The van der Waals surface area contributed by atoms with Crippen LogP contribution in [0.1, 0.15) is 26.2 Å². The molecule has 124 valence electrons. The van der Waals surface area contributed by atoms with Crippen molar-refractivity contribution in [1.82, 2.24) is 0 Å². The molecule has 0 atom stereocenters. The molecule has 2 rings (SSSR count). The van der Waals surface area contributed by atoms with E-state index in [0.29, 0.717) is 11.9 Å². The van der Waals surface area contributed by atoms with Crippen molar-refractivity contribution < 1.29 is 18.1 Å². The monoisotopic (exact) mass is 337 g/mol. The average Bonchev–Trinajstić information content (AvgIpc) is 2.48. The van der Waals surface area contributed by atoms with Gasteiger partial charge in [-0.15, -0.1) is 0 Å². The van der Waals surface area contributed by atoms with Crippen LogP contribution in [0.4, 0.5) is 11.4 Å². The first-order valence-electron chi connectivity index (χ1n) is 7.26. The van der Waals surface area contributed by atoms with E-state index < -0.39 is 20.8 Å². The van der Waals surface area contributed by atoms with Crippen LogP contribution in [-0.2, 0) is 10.1 Å². The zero-order valence-corrected chi connectivity index (χ0v) is 13.5. The standard InChI is InChI=1S/C15H19N3O4S/c1-2-3-6-9-17-18-13-10-7-4-5-8-11(10)14(19)15(12(13)16)23(20,21)22/h4-5,7-8,19H,2-3,6,9,16H2,1H3,(H,20,21,22). The van der Waals surface area contributed by atoms with Gasteiger partial charge in [-0.05, 0) is 6.42 Å². The third-order valence-corrected chi connectivity index (χ3v) is 4.37. The van der Waals surface area contributed by atoms with E-state index in [1.165, 1.54) is 6.07 Å². The molecule has 0 saturated carbocycles. The van der Waals surface area contributed by atoms with Crippen LogP contribution in [0.25, 0.3) is 10.8 Å². The van der Waals surface area contributed by atoms with Gasteiger partial charge in [0.25, 0.3) is 10.1 Å². The Kier molecular flexibility index (Phi) is 5.17. The van der Waals surface area contributed by atoms with Crippen molar-refractivity contribution in [3.8, 4) is 5.75 Å². The van der Waals surface area contributed by atoms with Gasteiger partial charge in [-0.2, -0.15) is 18.6 Å². The molecule has 4 N–H and O–H groups in total. The number of phenols is 1. The summed E-state index contributed by atoms with van der Waals surface area (Å²) in [5.74, 6) is -0.592. The molecule has 23 heavy (non-hydrogen) atoms. The van der Waals surface area contributed by atoms with E-state index >= 15 is 0 Å². The highest BCUT2D eigenvalue weighted by molar-refractivity contribution is 7.86. The molecule has 2 aromatic rings. The Labute approximate surface area is 134 Å². The van der Waals surface area contributed by atoms with Crippen LogP contribution in [-0.4, -0.2) is 24.6 Å². The van der Waals surface area contributed by atoms with Crippen molar-refractivity contribution in [1.29, 1.82) is 0 Å². The summed E-state index contributed by atoms with van der Waals surface area (Å²) in [6.45, 7) is 2.56. The second kappa shape index (κ2) is 6.93. The molecule has 0 unspecified atom stereocenters. The average molecular weight is 337 g/mol. The number of fused-ring (bicyclic) bond motifs is 1. The summed E-state index contributed by atoms with van der Waals surface area (Å²) in [5.41, 5.74) is 5.63. The van der Waals surface area contributed by atoms with Gasteiger partial charge in [0.05, 0.1) is 12.2 Å². The molecule has 0 aliphatic heterocycles. The number of azo groups is 1. The van der Waals surface area contributed by atoms with Gasteiger partial charge in [-0.1, -0.05) is 44.0 Å². The number of nitrogen functional groups attached to an aromatic ring is 1. The molecule has 7 nitrogen and oxygen atoms in total. The van der Waals surface area contributed by atoms with Crippen LogP contribution in [0.15, 0.2) is 39.4 Å². The molecule has 0 amide bonds. The Morgan fingerprint density at radius 1 is 1.17 bits per heavy atom. The number of hydrogen-bond donors (Lipinski definition) is 3. The fourth-order valence-electron chi connectivity index (χ4n) is 2.32. The minimum atomic E-state index is -4.69. The number of nitrogens with zero attached hydrogens (tertiary/aromatic N) is 2. The van der Waals surface area contributed by atoms with Crippen molar-refractivity contribution in [3.05, 3.63) is 24.3 Å². The van der Waals surface area contributed by atoms with Gasteiger partial charge >= 0.3 is 0 Å². The lowest BCUT2D eigenvalue weighted by molar-refractivity contribution is 0.449. The van der Waals surface area contributed by atoms with Crippen LogP contribution in [0.5, 0.6) is 5.75 Å². The molecule has 0 aliphatic carbocycles. The van der Waals surface area contributed by atoms with E-state index in [0.717, 1.165) is 19.3 Å². The molecule has 0 saturated heterocycles. The fourth-order valence-corrected chi connectivity index (χ4v) is 3.05. The number of hydrogen-bond acceptors (Lipinski definition) is 6. The van der Waals surface area contributed by atoms with Crippen molar-refractivity contribution >= 4 is 32.3 Å². The van der Waals surface area contributed by atoms with Gasteiger partial charge in [0.2, 0.25) is 0 Å². The maximum atomic E-state index is 11.5. The highest BCUT2D eigenvalue weighted by Crippen LogP contribution is 2.44. The van der Waals surface area contributed by atoms with Crippen LogP contribution < -0.4 is 5.73 Å². The Hall–Kier alpha value is -2.19. The third kappa shape index (κ3) is 3.59.